The molecule has 0 spiro atoms. The number of hydrogen-bond donors (Lipinski definition) is 2. The van der Waals surface area contributed by atoms with Crippen LogP contribution in [0, 0.1) is 0 Å². The van der Waals surface area contributed by atoms with Crippen molar-refractivity contribution in [3.63, 3.8) is 0 Å². The molecule has 2 aromatic carbocycles. The highest BCUT2D eigenvalue weighted by Gasteiger charge is 2.34. The molecule has 0 aliphatic rings. The zero-order chi connectivity index (χ0) is 15.6. The maximum Gasteiger partial charge on any atom is 0.329 e. The van der Waals surface area contributed by atoms with Crippen molar-refractivity contribution in [1.29, 1.82) is 0 Å². The zero-order valence-electron chi connectivity index (χ0n) is 10.6. The van der Waals surface area contributed by atoms with Crippen molar-refractivity contribution in [2.24, 2.45) is 0 Å². The fourth-order valence-electron chi connectivity index (χ4n) is 1.97. The molecule has 1 atom stereocenters. The number of aliphatic carboxylic acids is 1. The molecule has 0 aliphatic heterocycles. The van der Waals surface area contributed by atoms with Crippen LogP contribution >= 0.6 is 11.6 Å². The predicted molar refractivity (Wildman–Crippen MR) is 78.8 cm³/mol. The second kappa shape index (κ2) is 5.85. The molecule has 2 N–H and O–H groups in total. The Kier molecular flexibility index (Phi) is 4.32. The van der Waals surface area contributed by atoms with Crippen LogP contribution in [0.2, 0.25) is 5.02 Å². The average Bonchev–Trinajstić information content (AvgIpc) is 2.40. The zero-order valence-corrected chi connectivity index (χ0v) is 12.2. The first-order valence-corrected chi connectivity index (χ1v) is 7.73. The predicted octanol–water partition coefficient (Wildman–Crippen LogP) is 3.02. The normalized spacial score (nSPS) is 12.9. The number of carboxylic acid groups (broad SMARTS) is 1. The number of benzene rings is 2. The second-order valence-corrected chi connectivity index (χ2v) is 6.24. The molecule has 7 heteroatoms. The van der Waals surface area contributed by atoms with Gasteiger partial charge in [0.25, 0.3) is 10.1 Å². The molecule has 1 unspecified atom stereocenters. The van der Waals surface area contributed by atoms with Gasteiger partial charge >= 0.3 is 5.97 Å². The molecule has 2 rings (SSSR count). The summed E-state index contributed by atoms with van der Waals surface area (Å²) in [6, 6.07) is 13.5. The Morgan fingerprint density at radius 3 is 2.14 bits per heavy atom. The van der Waals surface area contributed by atoms with Crippen LogP contribution < -0.4 is 0 Å². The van der Waals surface area contributed by atoms with Gasteiger partial charge in [-0.05, 0) is 17.2 Å². The third-order valence-electron chi connectivity index (χ3n) is 2.91. The van der Waals surface area contributed by atoms with E-state index in [1.165, 1.54) is 12.1 Å². The van der Waals surface area contributed by atoms with Crippen molar-refractivity contribution < 1.29 is 22.9 Å². The van der Waals surface area contributed by atoms with Crippen LogP contribution in [0.3, 0.4) is 0 Å². The van der Waals surface area contributed by atoms with E-state index in [1.807, 2.05) is 30.3 Å². The van der Waals surface area contributed by atoms with Gasteiger partial charge in [-0.15, -0.1) is 0 Å². The van der Waals surface area contributed by atoms with Gasteiger partial charge in [0.15, 0.2) is 0 Å². The summed E-state index contributed by atoms with van der Waals surface area (Å²) in [5.74, 6) is -1.69. The molecule has 5 nitrogen and oxygen atoms in total. The van der Waals surface area contributed by atoms with Crippen molar-refractivity contribution in [3.05, 3.63) is 59.1 Å². The molecule has 0 amide bonds. The molecule has 110 valence electrons. The standard InChI is InChI=1S/C14H11ClO5S/c15-12-8-10(9-4-2-1-3-5-9)6-7-11(12)13(14(16)17)21(18,19)20/h1-8,13H,(H,16,17)(H,18,19,20). The van der Waals surface area contributed by atoms with Gasteiger partial charge in [0, 0.05) is 10.6 Å². The van der Waals surface area contributed by atoms with Crippen LogP contribution in [0.4, 0.5) is 0 Å². The summed E-state index contributed by atoms with van der Waals surface area (Å²) in [6.07, 6.45) is 0. The minimum absolute atomic E-state index is 0.0404. The van der Waals surface area contributed by atoms with Crippen molar-refractivity contribution in [2.75, 3.05) is 0 Å². The van der Waals surface area contributed by atoms with E-state index in [0.717, 1.165) is 5.56 Å². The lowest BCUT2D eigenvalue weighted by molar-refractivity contribution is -0.136. The summed E-state index contributed by atoms with van der Waals surface area (Å²) in [7, 11) is -4.80. The van der Waals surface area contributed by atoms with Gasteiger partial charge in [0.2, 0.25) is 5.25 Å². The van der Waals surface area contributed by atoms with E-state index in [1.54, 1.807) is 6.07 Å². The van der Waals surface area contributed by atoms with E-state index in [4.69, 9.17) is 21.3 Å². The van der Waals surface area contributed by atoms with E-state index in [-0.39, 0.29) is 10.6 Å². The number of carbonyl (C=O) groups is 1. The fraction of sp³-hybridized carbons (Fsp3) is 0.0714. The Hall–Kier alpha value is -1.89. The van der Waals surface area contributed by atoms with Crippen molar-refractivity contribution in [1.82, 2.24) is 0 Å². The summed E-state index contributed by atoms with van der Waals surface area (Å²) >= 11 is 5.99. The SMILES string of the molecule is O=C(O)C(c1ccc(-c2ccccc2)cc1Cl)S(=O)(=O)O. The highest BCUT2D eigenvalue weighted by molar-refractivity contribution is 7.86. The van der Waals surface area contributed by atoms with Crippen LogP contribution in [-0.4, -0.2) is 24.0 Å². The number of halogens is 1. The smallest absolute Gasteiger partial charge is 0.329 e. The third-order valence-corrected chi connectivity index (χ3v) is 4.29. The second-order valence-electron chi connectivity index (χ2n) is 4.34. The summed E-state index contributed by atoms with van der Waals surface area (Å²) in [4.78, 5) is 11.1. The van der Waals surface area contributed by atoms with Crippen molar-refractivity contribution in [2.45, 2.75) is 5.25 Å². The monoisotopic (exact) mass is 326 g/mol. The van der Waals surface area contributed by atoms with Gasteiger partial charge in [0.1, 0.15) is 0 Å². The quantitative estimate of drug-likeness (QED) is 0.843. The van der Waals surface area contributed by atoms with E-state index >= 15 is 0 Å². The Morgan fingerprint density at radius 2 is 1.67 bits per heavy atom. The van der Waals surface area contributed by atoms with E-state index in [0.29, 0.717) is 5.56 Å². The minimum atomic E-state index is -4.80. The molecule has 0 radical (unpaired) electrons. The maximum absolute atomic E-state index is 11.2. The molecule has 2 aromatic rings. The lowest BCUT2D eigenvalue weighted by Gasteiger charge is -2.12. The lowest BCUT2D eigenvalue weighted by Crippen LogP contribution is -2.21. The lowest BCUT2D eigenvalue weighted by atomic mass is 10.0. The van der Waals surface area contributed by atoms with Crippen LogP contribution in [0.15, 0.2) is 48.5 Å². The van der Waals surface area contributed by atoms with Gasteiger partial charge in [-0.2, -0.15) is 8.42 Å². The van der Waals surface area contributed by atoms with Crippen molar-refractivity contribution in [3.8, 4) is 11.1 Å². The Labute approximate surface area is 126 Å². The topological polar surface area (TPSA) is 91.7 Å². The van der Waals surface area contributed by atoms with Gasteiger partial charge < -0.3 is 5.11 Å². The number of hydrogen-bond acceptors (Lipinski definition) is 3. The molecule has 0 saturated carbocycles. The third kappa shape index (κ3) is 3.41. The highest BCUT2D eigenvalue weighted by Crippen LogP contribution is 2.32. The van der Waals surface area contributed by atoms with Crippen LogP contribution in [0.25, 0.3) is 11.1 Å². The Morgan fingerprint density at radius 1 is 1.05 bits per heavy atom. The molecular formula is C14H11ClO5S. The first-order valence-electron chi connectivity index (χ1n) is 5.84. The van der Waals surface area contributed by atoms with E-state index < -0.39 is 21.3 Å². The van der Waals surface area contributed by atoms with E-state index in [2.05, 4.69) is 0 Å². The average molecular weight is 327 g/mol. The largest absolute Gasteiger partial charge is 0.480 e. The molecular weight excluding hydrogens is 316 g/mol. The molecule has 21 heavy (non-hydrogen) atoms. The van der Waals surface area contributed by atoms with E-state index in [9.17, 15) is 13.2 Å². The van der Waals surface area contributed by atoms with Gasteiger partial charge in [0.05, 0.1) is 0 Å². The summed E-state index contributed by atoms with van der Waals surface area (Å²) in [5.41, 5.74) is 1.39. The minimum Gasteiger partial charge on any atom is -0.480 e. The summed E-state index contributed by atoms with van der Waals surface area (Å²) in [5, 5.41) is 6.83. The number of carboxylic acids is 1. The van der Waals surface area contributed by atoms with Gasteiger partial charge in [-0.25, -0.2) is 0 Å². The molecule has 0 heterocycles. The van der Waals surface area contributed by atoms with Crippen LogP contribution in [-0.2, 0) is 14.9 Å². The fourth-order valence-corrected chi connectivity index (χ4v) is 3.11. The van der Waals surface area contributed by atoms with Crippen LogP contribution in [0.1, 0.15) is 10.8 Å². The summed E-state index contributed by atoms with van der Waals surface area (Å²) < 4.78 is 31.4. The van der Waals surface area contributed by atoms with Crippen molar-refractivity contribution >= 4 is 27.7 Å². The molecule has 0 bridgehead atoms. The maximum atomic E-state index is 11.2. The van der Waals surface area contributed by atoms with Crippen LogP contribution in [0.5, 0.6) is 0 Å². The molecule has 0 fully saturated rings. The molecule has 0 aromatic heterocycles. The van der Waals surface area contributed by atoms with Gasteiger partial charge in [-0.1, -0.05) is 54.1 Å². The highest BCUT2D eigenvalue weighted by atomic mass is 35.5. The molecule has 0 saturated heterocycles. The molecule has 0 aliphatic carbocycles. The first kappa shape index (κ1) is 15.5. The first-order chi connectivity index (χ1) is 9.80. The number of rotatable bonds is 4. The van der Waals surface area contributed by atoms with Gasteiger partial charge in [-0.3, -0.25) is 9.35 Å². The Bertz CT molecular complexity index is 771. The summed E-state index contributed by atoms with van der Waals surface area (Å²) in [6.45, 7) is 0. The Balaban J connectivity index is 2.52.